The lowest BCUT2D eigenvalue weighted by molar-refractivity contribution is -0.135. The molecule has 3 rings (SSSR count). The van der Waals surface area contributed by atoms with Crippen LogP contribution in [0.4, 0.5) is 5.69 Å². The Balaban J connectivity index is 2.11. The average Bonchev–Trinajstić information content (AvgIpc) is 2.61. The van der Waals surface area contributed by atoms with Gasteiger partial charge in [-0.1, -0.05) is 23.2 Å². The van der Waals surface area contributed by atoms with E-state index in [2.05, 4.69) is 0 Å². The van der Waals surface area contributed by atoms with Crippen molar-refractivity contribution in [3.8, 4) is 11.5 Å². The lowest BCUT2D eigenvalue weighted by atomic mass is 10.2. The summed E-state index contributed by atoms with van der Waals surface area (Å²) >= 11 is 11.9. The number of ether oxygens (including phenoxy) is 2. The van der Waals surface area contributed by atoms with Gasteiger partial charge >= 0.3 is 5.97 Å². The largest absolute Gasteiger partial charge is 0.486 e. The molecule has 2 aromatic carbocycles. The van der Waals surface area contributed by atoms with Gasteiger partial charge in [-0.15, -0.1) is 0 Å². The van der Waals surface area contributed by atoms with Crippen LogP contribution in [-0.2, 0) is 14.8 Å². The van der Waals surface area contributed by atoms with Gasteiger partial charge < -0.3 is 14.6 Å². The van der Waals surface area contributed by atoms with E-state index in [1.807, 2.05) is 0 Å². The molecule has 7 nitrogen and oxygen atoms in total. The van der Waals surface area contributed by atoms with E-state index in [0.29, 0.717) is 24.7 Å². The summed E-state index contributed by atoms with van der Waals surface area (Å²) in [6, 6.07) is 8.31. The number of hydrogen-bond donors (Lipinski definition) is 1. The van der Waals surface area contributed by atoms with Crippen LogP contribution in [0.3, 0.4) is 0 Å². The number of sulfonamides is 1. The van der Waals surface area contributed by atoms with Gasteiger partial charge in [-0.25, -0.2) is 8.42 Å². The number of anilines is 1. The number of halogens is 2. The Morgan fingerprint density at radius 1 is 1.08 bits per heavy atom. The van der Waals surface area contributed by atoms with E-state index in [9.17, 15) is 18.3 Å². The molecular weight excluding hydrogens is 405 g/mol. The van der Waals surface area contributed by atoms with E-state index in [1.165, 1.54) is 36.4 Å². The van der Waals surface area contributed by atoms with Crippen LogP contribution in [0, 0.1) is 0 Å². The second-order valence-corrected chi connectivity index (χ2v) is 7.98. The molecule has 0 aromatic heterocycles. The van der Waals surface area contributed by atoms with Crippen LogP contribution in [0.1, 0.15) is 0 Å². The highest BCUT2D eigenvalue weighted by Crippen LogP contribution is 2.37. The molecule has 0 radical (unpaired) electrons. The smallest absolute Gasteiger partial charge is 0.324 e. The highest BCUT2D eigenvalue weighted by Gasteiger charge is 2.30. The summed E-state index contributed by atoms with van der Waals surface area (Å²) in [4.78, 5) is 11.0. The van der Waals surface area contributed by atoms with E-state index < -0.39 is 22.5 Å². The fourth-order valence-corrected chi connectivity index (χ4v) is 4.56. The Kier molecular flexibility index (Phi) is 5.17. The molecule has 0 saturated carbocycles. The van der Waals surface area contributed by atoms with Gasteiger partial charge in [0.15, 0.2) is 11.5 Å². The Labute approximate surface area is 159 Å². The predicted octanol–water partition coefficient (Wildman–Crippen LogP) is 3.04. The van der Waals surface area contributed by atoms with Crippen molar-refractivity contribution in [3.05, 3.63) is 46.4 Å². The SMILES string of the molecule is O=C(O)CN(c1ccc2c(c1)OCCO2)S(=O)(=O)c1cc(Cl)ccc1Cl. The number of carboxylic acid groups (broad SMARTS) is 1. The molecule has 1 heterocycles. The van der Waals surface area contributed by atoms with Crippen molar-refractivity contribution in [3.63, 3.8) is 0 Å². The van der Waals surface area contributed by atoms with Crippen molar-refractivity contribution >= 4 is 44.9 Å². The summed E-state index contributed by atoms with van der Waals surface area (Å²) in [7, 11) is -4.29. The minimum Gasteiger partial charge on any atom is -0.486 e. The number of aliphatic carboxylic acids is 1. The third kappa shape index (κ3) is 3.67. The van der Waals surface area contributed by atoms with Crippen LogP contribution in [0.25, 0.3) is 0 Å². The number of carbonyl (C=O) groups is 1. The normalized spacial score (nSPS) is 13.3. The maximum atomic E-state index is 13.1. The van der Waals surface area contributed by atoms with Gasteiger partial charge in [-0.3, -0.25) is 9.10 Å². The van der Waals surface area contributed by atoms with Gasteiger partial charge in [-0.05, 0) is 30.3 Å². The molecule has 1 N–H and O–H groups in total. The maximum absolute atomic E-state index is 13.1. The van der Waals surface area contributed by atoms with Crippen LogP contribution in [0.2, 0.25) is 10.0 Å². The number of carboxylic acids is 1. The zero-order valence-corrected chi connectivity index (χ0v) is 15.5. The number of hydrogen-bond acceptors (Lipinski definition) is 5. The molecule has 0 aliphatic carbocycles. The zero-order valence-electron chi connectivity index (χ0n) is 13.2. The first-order chi connectivity index (χ1) is 12.3. The van der Waals surface area contributed by atoms with Gasteiger partial charge in [0.2, 0.25) is 0 Å². The summed E-state index contributed by atoms with van der Waals surface area (Å²) in [5.74, 6) is -0.549. The maximum Gasteiger partial charge on any atom is 0.324 e. The molecule has 0 unspecified atom stereocenters. The predicted molar refractivity (Wildman–Crippen MR) is 96.1 cm³/mol. The van der Waals surface area contributed by atoms with E-state index in [1.54, 1.807) is 0 Å². The monoisotopic (exact) mass is 417 g/mol. The fourth-order valence-electron chi connectivity index (χ4n) is 2.42. The topological polar surface area (TPSA) is 93.1 Å². The second-order valence-electron chi connectivity index (χ2n) is 5.31. The molecule has 138 valence electrons. The Bertz CT molecular complexity index is 963. The van der Waals surface area contributed by atoms with Gasteiger partial charge in [0.25, 0.3) is 10.0 Å². The third-order valence-corrected chi connectivity index (χ3v) is 6.04. The Morgan fingerprint density at radius 2 is 1.77 bits per heavy atom. The Morgan fingerprint density at radius 3 is 2.46 bits per heavy atom. The second kappa shape index (κ2) is 7.22. The summed E-state index contributed by atoms with van der Waals surface area (Å²) < 4.78 is 37.7. The number of rotatable bonds is 5. The Hall–Kier alpha value is -2.16. The standard InChI is InChI=1S/C16H13Cl2NO6S/c17-10-1-3-12(18)15(7-10)26(22,23)19(9-16(20)21)11-2-4-13-14(8-11)25-6-5-24-13/h1-4,7-8H,5-6,9H2,(H,20,21). The van der Waals surface area contributed by atoms with Crippen molar-refractivity contribution < 1.29 is 27.8 Å². The lowest BCUT2D eigenvalue weighted by Crippen LogP contribution is -2.36. The molecule has 0 bridgehead atoms. The summed E-state index contributed by atoms with van der Waals surface area (Å²) in [5, 5.41) is 9.29. The van der Waals surface area contributed by atoms with Crippen molar-refractivity contribution in [2.45, 2.75) is 4.90 Å². The van der Waals surface area contributed by atoms with Gasteiger partial charge in [-0.2, -0.15) is 0 Å². The van der Waals surface area contributed by atoms with Crippen LogP contribution in [0.15, 0.2) is 41.3 Å². The first kappa shape index (κ1) is 18.6. The zero-order chi connectivity index (χ0) is 18.9. The van der Waals surface area contributed by atoms with E-state index in [4.69, 9.17) is 32.7 Å². The van der Waals surface area contributed by atoms with Crippen molar-refractivity contribution in [1.82, 2.24) is 0 Å². The molecule has 0 spiro atoms. The quantitative estimate of drug-likeness (QED) is 0.803. The molecule has 10 heteroatoms. The first-order valence-corrected chi connectivity index (χ1v) is 9.58. The number of benzene rings is 2. The van der Waals surface area contributed by atoms with Gasteiger partial charge in [0, 0.05) is 11.1 Å². The van der Waals surface area contributed by atoms with E-state index in [-0.39, 0.29) is 20.6 Å². The molecule has 2 aromatic rings. The minimum atomic E-state index is -4.29. The van der Waals surface area contributed by atoms with E-state index in [0.717, 1.165) is 4.31 Å². The molecule has 0 saturated heterocycles. The van der Waals surface area contributed by atoms with Crippen LogP contribution >= 0.6 is 23.2 Å². The molecule has 0 amide bonds. The highest BCUT2D eigenvalue weighted by atomic mass is 35.5. The highest BCUT2D eigenvalue weighted by molar-refractivity contribution is 7.93. The third-order valence-electron chi connectivity index (χ3n) is 3.55. The number of fused-ring (bicyclic) bond motifs is 1. The molecule has 1 aliphatic heterocycles. The van der Waals surface area contributed by atoms with E-state index >= 15 is 0 Å². The molecule has 26 heavy (non-hydrogen) atoms. The molecule has 1 aliphatic rings. The average molecular weight is 418 g/mol. The van der Waals surface area contributed by atoms with Gasteiger partial charge in [0.05, 0.1) is 10.7 Å². The summed E-state index contributed by atoms with van der Waals surface area (Å²) in [5.41, 5.74) is 0.104. The molecule has 0 atom stereocenters. The van der Waals surface area contributed by atoms with Crippen LogP contribution < -0.4 is 13.8 Å². The van der Waals surface area contributed by atoms with Crippen molar-refractivity contribution in [2.75, 3.05) is 24.1 Å². The lowest BCUT2D eigenvalue weighted by Gasteiger charge is -2.25. The number of nitrogens with zero attached hydrogens (tertiary/aromatic N) is 1. The van der Waals surface area contributed by atoms with Crippen molar-refractivity contribution in [2.24, 2.45) is 0 Å². The van der Waals surface area contributed by atoms with Crippen molar-refractivity contribution in [1.29, 1.82) is 0 Å². The first-order valence-electron chi connectivity index (χ1n) is 7.38. The fraction of sp³-hybridized carbons (Fsp3) is 0.188. The summed E-state index contributed by atoms with van der Waals surface area (Å²) in [6.07, 6.45) is 0. The minimum absolute atomic E-state index is 0.0673. The molecular formula is C16H13Cl2NO6S. The van der Waals surface area contributed by atoms with Gasteiger partial charge in [0.1, 0.15) is 24.7 Å². The summed E-state index contributed by atoms with van der Waals surface area (Å²) in [6.45, 7) is -0.116. The van der Waals surface area contributed by atoms with Crippen LogP contribution in [0.5, 0.6) is 11.5 Å². The van der Waals surface area contributed by atoms with Crippen LogP contribution in [-0.4, -0.2) is 39.3 Å². The molecule has 0 fully saturated rings.